The van der Waals surface area contributed by atoms with Gasteiger partial charge in [-0.05, 0) is 25.8 Å². The molecule has 1 rings (SSSR count). The van der Waals surface area contributed by atoms with Crippen LogP contribution in [0.5, 0.6) is 0 Å². The Labute approximate surface area is 99.9 Å². The van der Waals surface area contributed by atoms with Gasteiger partial charge in [-0.15, -0.1) is 0 Å². The summed E-state index contributed by atoms with van der Waals surface area (Å²) >= 11 is 0. The van der Waals surface area contributed by atoms with Crippen LogP contribution in [0.1, 0.15) is 37.0 Å². The zero-order valence-electron chi connectivity index (χ0n) is 10.0. The third kappa shape index (κ3) is 3.78. The van der Waals surface area contributed by atoms with E-state index in [0.29, 0.717) is 12.8 Å². The minimum Gasteiger partial charge on any atom is -0.396 e. The predicted octanol–water partition coefficient (Wildman–Crippen LogP) is 1.50. The van der Waals surface area contributed by atoms with Gasteiger partial charge in [0.1, 0.15) is 0 Å². The Kier molecular flexibility index (Phi) is 4.57. The number of aliphatic hydroxyl groups is 1. The van der Waals surface area contributed by atoms with Crippen molar-refractivity contribution >= 4 is 5.91 Å². The largest absolute Gasteiger partial charge is 0.396 e. The highest BCUT2D eigenvalue weighted by Gasteiger charge is 2.24. The number of aromatic nitrogens is 1. The maximum absolute atomic E-state index is 12.9. The second-order valence-electron chi connectivity index (χ2n) is 4.21. The van der Waals surface area contributed by atoms with Gasteiger partial charge in [0.2, 0.25) is 5.95 Å². The minimum atomic E-state index is -0.682. The number of hydrogen-bond acceptors (Lipinski definition) is 3. The highest BCUT2D eigenvalue weighted by Crippen LogP contribution is 2.15. The van der Waals surface area contributed by atoms with Gasteiger partial charge in [0.05, 0.1) is 0 Å². The van der Waals surface area contributed by atoms with E-state index in [0.717, 1.165) is 6.07 Å². The van der Waals surface area contributed by atoms with Gasteiger partial charge in [-0.25, -0.2) is 4.98 Å². The Hall–Kier alpha value is -1.49. The van der Waals surface area contributed by atoms with Crippen LogP contribution >= 0.6 is 0 Å². The fraction of sp³-hybridized carbons (Fsp3) is 0.500. The molecule has 0 aliphatic carbocycles. The Morgan fingerprint density at radius 2 is 2.35 bits per heavy atom. The van der Waals surface area contributed by atoms with Crippen molar-refractivity contribution in [3.8, 4) is 0 Å². The van der Waals surface area contributed by atoms with Gasteiger partial charge in [-0.1, -0.05) is 6.92 Å². The van der Waals surface area contributed by atoms with E-state index in [4.69, 9.17) is 5.11 Å². The van der Waals surface area contributed by atoms with E-state index < -0.39 is 11.5 Å². The number of rotatable bonds is 5. The predicted molar refractivity (Wildman–Crippen MR) is 62.1 cm³/mol. The third-order valence-electron chi connectivity index (χ3n) is 2.85. The van der Waals surface area contributed by atoms with Gasteiger partial charge in [0.15, 0.2) is 0 Å². The summed E-state index contributed by atoms with van der Waals surface area (Å²) in [4.78, 5) is 15.2. The summed E-state index contributed by atoms with van der Waals surface area (Å²) in [6.07, 6.45) is 2.40. The summed E-state index contributed by atoms with van der Waals surface area (Å²) in [7, 11) is 0. The second-order valence-corrected chi connectivity index (χ2v) is 4.21. The van der Waals surface area contributed by atoms with Crippen LogP contribution < -0.4 is 5.32 Å². The number of aliphatic hydroxyl groups excluding tert-OH is 1. The zero-order valence-corrected chi connectivity index (χ0v) is 10.0. The van der Waals surface area contributed by atoms with Gasteiger partial charge in [0, 0.05) is 30.0 Å². The molecule has 0 saturated carbocycles. The maximum Gasteiger partial charge on any atom is 0.251 e. The van der Waals surface area contributed by atoms with Gasteiger partial charge in [0.25, 0.3) is 5.91 Å². The Balaban J connectivity index is 2.77. The lowest BCUT2D eigenvalue weighted by Crippen LogP contribution is -2.46. The highest BCUT2D eigenvalue weighted by molar-refractivity contribution is 5.94. The highest BCUT2D eigenvalue weighted by atomic mass is 19.1. The van der Waals surface area contributed by atoms with E-state index in [9.17, 15) is 9.18 Å². The molecular weight excluding hydrogens is 223 g/mol. The van der Waals surface area contributed by atoms with E-state index in [1.54, 1.807) is 0 Å². The van der Waals surface area contributed by atoms with Crippen molar-refractivity contribution in [2.75, 3.05) is 6.61 Å². The summed E-state index contributed by atoms with van der Waals surface area (Å²) in [5.74, 6) is -1.04. The molecule has 0 aliphatic heterocycles. The first-order valence-corrected chi connectivity index (χ1v) is 5.55. The summed E-state index contributed by atoms with van der Waals surface area (Å²) < 4.78 is 12.9. The number of pyridine rings is 1. The molecule has 0 spiro atoms. The van der Waals surface area contributed by atoms with E-state index in [1.165, 1.54) is 12.3 Å². The smallest absolute Gasteiger partial charge is 0.251 e. The van der Waals surface area contributed by atoms with Crippen molar-refractivity contribution in [1.29, 1.82) is 0 Å². The molecule has 2 N–H and O–H groups in total. The van der Waals surface area contributed by atoms with Crippen molar-refractivity contribution in [2.45, 2.75) is 32.2 Å². The van der Waals surface area contributed by atoms with Crippen LogP contribution in [0.25, 0.3) is 0 Å². The summed E-state index contributed by atoms with van der Waals surface area (Å²) in [6, 6.07) is 2.54. The van der Waals surface area contributed by atoms with Gasteiger partial charge in [-0.2, -0.15) is 4.39 Å². The van der Waals surface area contributed by atoms with E-state index in [2.05, 4.69) is 10.3 Å². The van der Waals surface area contributed by atoms with Crippen molar-refractivity contribution in [3.05, 3.63) is 29.8 Å². The molecule has 1 amide bonds. The molecule has 0 bridgehead atoms. The molecule has 4 nitrogen and oxygen atoms in total. The lowest BCUT2D eigenvalue weighted by molar-refractivity contribution is 0.0885. The first-order chi connectivity index (χ1) is 8.00. The van der Waals surface area contributed by atoms with E-state index in [-0.39, 0.29) is 18.1 Å². The first kappa shape index (κ1) is 13.6. The number of amides is 1. The second kappa shape index (κ2) is 5.72. The molecule has 1 aromatic heterocycles. The average molecular weight is 240 g/mol. The summed E-state index contributed by atoms with van der Waals surface area (Å²) in [5, 5.41) is 11.7. The maximum atomic E-state index is 12.9. The van der Waals surface area contributed by atoms with Crippen LogP contribution in [0, 0.1) is 5.95 Å². The van der Waals surface area contributed by atoms with Crippen molar-refractivity contribution < 1.29 is 14.3 Å². The van der Waals surface area contributed by atoms with Crippen LogP contribution in [-0.2, 0) is 0 Å². The molecule has 1 unspecified atom stereocenters. The van der Waals surface area contributed by atoms with E-state index >= 15 is 0 Å². The lowest BCUT2D eigenvalue weighted by atomic mass is 9.94. The topological polar surface area (TPSA) is 62.2 Å². The zero-order chi connectivity index (χ0) is 12.9. The first-order valence-electron chi connectivity index (χ1n) is 5.55. The van der Waals surface area contributed by atoms with Crippen LogP contribution in [0.2, 0.25) is 0 Å². The van der Waals surface area contributed by atoms with Crippen molar-refractivity contribution in [3.63, 3.8) is 0 Å². The minimum absolute atomic E-state index is 0.00464. The fourth-order valence-corrected chi connectivity index (χ4v) is 1.46. The monoisotopic (exact) mass is 240 g/mol. The number of halogens is 1. The molecule has 5 heteroatoms. The SMILES string of the molecule is CCC(C)(CCO)NC(=O)c1ccnc(F)c1. The molecule has 0 aromatic carbocycles. The normalized spacial score (nSPS) is 14.1. The van der Waals surface area contributed by atoms with Crippen molar-refractivity contribution in [2.24, 2.45) is 0 Å². The summed E-state index contributed by atoms with van der Waals surface area (Å²) in [5.41, 5.74) is -0.249. The number of nitrogens with one attached hydrogen (secondary N) is 1. The molecule has 94 valence electrons. The Morgan fingerprint density at radius 1 is 1.65 bits per heavy atom. The molecule has 0 saturated heterocycles. The fourth-order valence-electron chi connectivity index (χ4n) is 1.46. The third-order valence-corrected chi connectivity index (χ3v) is 2.85. The number of carbonyl (C=O) groups excluding carboxylic acids is 1. The van der Waals surface area contributed by atoms with E-state index in [1.807, 2.05) is 13.8 Å². The van der Waals surface area contributed by atoms with Crippen LogP contribution in [0.3, 0.4) is 0 Å². The average Bonchev–Trinajstić information content (AvgIpc) is 2.29. The lowest BCUT2D eigenvalue weighted by Gasteiger charge is -2.29. The molecule has 0 radical (unpaired) electrons. The molecule has 17 heavy (non-hydrogen) atoms. The molecule has 1 heterocycles. The number of nitrogens with zero attached hydrogens (tertiary/aromatic N) is 1. The van der Waals surface area contributed by atoms with Gasteiger partial charge in [-0.3, -0.25) is 4.79 Å². The quantitative estimate of drug-likeness (QED) is 0.767. The van der Waals surface area contributed by atoms with Crippen LogP contribution in [-0.4, -0.2) is 28.1 Å². The number of carbonyl (C=O) groups is 1. The molecule has 1 atom stereocenters. The van der Waals surface area contributed by atoms with Gasteiger partial charge >= 0.3 is 0 Å². The molecule has 1 aromatic rings. The standard InChI is InChI=1S/C12H17FN2O2/c1-3-12(2,5-7-16)15-11(17)9-4-6-14-10(13)8-9/h4,6,8,16H,3,5,7H2,1-2H3,(H,15,17). The molecule has 0 aliphatic rings. The summed E-state index contributed by atoms with van der Waals surface area (Å²) in [6.45, 7) is 3.76. The Bertz CT molecular complexity index is 398. The van der Waals surface area contributed by atoms with Crippen LogP contribution in [0.15, 0.2) is 18.3 Å². The van der Waals surface area contributed by atoms with Crippen molar-refractivity contribution in [1.82, 2.24) is 10.3 Å². The number of hydrogen-bond donors (Lipinski definition) is 2. The van der Waals surface area contributed by atoms with Gasteiger partial charge < -0.3 is 10.4 Å². The molecule has 0 fully saturated rings. The Morgan fingerprint density at radius 3 is 2.88 bits per heavy atom. The molecular formula is C12H17FN2O2. The van der Waals surface area contributed by atoms with Crippen LogP contribution in [0.4, 0.5) is 4.39 Å².